The minimum atomic E-state index is -3.83. The normalized spacial score (nSPS) is 20.4. The Bertz CT molecular complexity index is 1030. The second-order valence-electron chi connectivity index (χ2n) is 6.74. The van der Waals surface area contributed by atoms with Gasteiger partial charge in [0.1, 0.15) is 5.82 Å². The first-order valence-corrected chi connectivity index (χ1v) is 9.98. The molecule has 140 valence electrons. The van der Waals surface area contributed by atoms with Crippen LogP contribution in [0, 0.1) is 12.7 Å². The number of fused-ring (bicyclic) bond motifs is 1. The Morgan fingerprint density at radius 1 is 1.04 bits per heavy atom. The van der Waals surface area contributed by atoms with Gasteiger partial charge in [-0.3, -0.25) is 14.5 Å². The first-order valence-electron chi connectivity index (χ1n) is 8.54. The Morgan fingerprint density at radius 3 is 2.26 bits per heavy atom. The fraction of sp³-hybridized carbons (Fsp3) is 0.263. The topological polar surface area (TPSA) is 74.8 Å². The molecule has 27 heavy (non-hydrogen) atoms. The maximum absolute atomic E-state index is 13.5. The van der Waals surface area contributed by atoms with Gasteiger partial charge in [0.2, 0.25) is 10.0 Å². The van der Waals surface area contributed by atoms with Gasteiger partial charge in [-0.2, -0.15) is 4.31 Å². The van der Waals surface area contributed by atoms with Crippen molar-refractivity contribution in [3.63, 3.8) is 0 Å². The van der Waals surface area contributed by atoms with Crippen LogP contribution in [0.3, 0.4) is 0 Å². The van der Waals surface area contributed by atoms with Crippen molar-refractivity contribution in [3.8, 4) is 0 Å². The minimum Gasteiger partial charge on any atom is -0.270 e. The summed E-state index contributed by atoms with van der Waals surface area (Å²) >= 11 is 0. The van der Waals surface area contributed by atoms with Crippen LogP contribution in [0.15, 0.2) is 47.4 Å². The van der Waals surface area contributed by atoms with Gasteiger partial charge in [-0.15, -0.1) is 0 Å². The summed E-state index contributed by atoms with van der Waals surface area (Å²) < 4.78 is 40.4. The van der Waals surface area contributed by atoms with E-state index < -0.39 is 33.7 Å². The smallest absolute Gasteiger partial charge is 0.261 e. The molecule has 1 fully saturated rings. The second-order valence-corrected chi connectivity index (χ2v) is 8.68. The van der Waals surface area contributed by atoms with E-state index in [0.29, 0.717) is 17.5 Å². The van der Waals surface area contributed by atoms with E-state index in [0.717, 1.165) is 11.0 Å². The fourth-order valence-corrected chi connectivity index (χ4v) is 5.18. The molecule has 0 saturated carbocycles. The van der Waals surface area contributed by atoms with Crippen molar-refractivity contribution in [1.82, 2.24) is 9.21 Å². The molecule has 0 aromatic heterocycles. The van der Waals surface area contributed by atoms with Gasteiger partial charge in [-0.1, -0.05) is 12.1 Å². The van der Waals surface area contributed by atoms with Crippen molar-refractivity contribution >= 4 is 21.8 Å². The summed E-state index contributed by atoms with van der Waals surface area (Å²) in [4.78, 5) is 26.4. The Hall–Kier alpha value is -2.58. The molecule has 2 aromatic rings. The lowest BCUT2D eigenvalue weighted by Gasteiger charge is -2.22. The number of rotatable bonds is 3. The number of hydrogen-bond acceptors (Lipinski definition) is 4. The molecule has 0 N–H and O–H groups in total. The first kappa shape index (κ1) is 17.8. The van der Waals surface area contributed by atoms with Crippen molar-refractivity contribution in [2.45, 2.75) is 24.3 Å². The first-order chi connectivity index (χ1) is 12.8. The fourth-order valence-electron chi connectivity index (χ4n) is 3.61. The molecule has 2 amide bonds. The van der Waals surface area contributed by atoms with Crippen molar-refractivity contribution in [2.24, 2.45) is 0 Å². The largest absolute Gasteiger partial charge is 0.270 e. The number of aryl methyl sites for hydroxylation is 1. The zero-order valence-corrected chi connectivity index (χ0v) is 15.4. The second kappa shape index (κ2) is 6.24. The van der Waals surface area contributed by atoms with Crippen molar-refractivity contribution < 1.29 is 22.4 Å². The van der Waals surface area contributed by atoms with E-state index in [4.69, 9.17) is 0 Å². The summed E-state index contributed by atoms with van der Waals surface area (Å²) in [6.07, 6.45) is 0.366. The van der Waals surface area contributed by atoms with E-state index >= 15 is 0 Å². The molecule has 1 saturated heterocycles. The highest BCUT2D eigenvalue weighted by atomic mass is 32.2. The molecule has 0 spiro atoms. The summed E-state index contributed by atoms with van der Waals surface area (Å²) in [6.45, 7) is 1.72. The third-order valence-electron chi connectivity index (χ3n) is 5.08. The molecule has 6 nitrogen and oxygen atoms in total. The predicted octanol–water partition coefficient (Wildman–Crippen LogP) is 2.19. The monoisotopic (exact) mass is 388 g/mol. The molecular weight excluding hydrogens is 371 g/mol. The molecular formula is C19H17FN2O4S. The molecule has 1 unspecified atom stereocenters. The number of carbonyl (C=O) groups excluding carboxylic acids is 2. The van der Waals surface area contributed by atoms with E-state index in [2.05, 4.69) is 0 Å². The highest BCUT2D eigenvalue weighted by molar-refractivity contribution is 7.89. The van der Waals surface area contributed by atoms with Gasteiger partial charge in [0.05, 0.1) is 22.1 Å². The lowest BCUT2D eigenvalue weighted by atomic mass is 10.1. The van der Waals surface area contributed by atoms with Gasteiger partial charge in [-0.25, -0.2) is 12.8 Å². The summed E-state index contributed by atoms with van der Waals surface area (Å²) in [5.74, 6) is -1.26. The number of carbonyl (C=O) groups is 2. The van der Waals surface area contributed by atoms with Crippen molar-refractivity contribution in [2.75, 3.05) is 13.1 Å². The zero-order chi connectivity index (χ0) is 19.3. The molecule has 0 aliphatic carbocycles. The molecule has 2 aliphatic heterocycles. The van der Waals surface area contributed by atoms with Gasteiger partial charge in [0.15, 0.2) is 0 Å². The third-order valence-corrected chi connectivity index (χ3v) is 6.95. The number of amides is 2. The molecule has 4 rings (SSSR count). The standard InChI is InChI=1S/C19H17FN2O4S/c1-12-10-14(6-7-17(12)20)27(25,26)21-9-8-13(11-21)22-18(23)15-4-2-3-5-16(15)19(22)24/h2-7,10,13H,8-9,11H2,1H3. The van der Waals surface area contributed by atoms with Gasteiger partial charge in [-0.05, 0) is 49.2 Å². The van der Waals surface area contributed by atoms with Crippen LogP contribution in [0.2, 0.25) is 0 Å². The van der Waals surface area contributed by atoms with E-state index in [1.165, 1.54) is 23.4 Å². The zero-order valence-electron chi connectivity index (χ0n) is 14.6. The maximum atomic E-state index is 13.5. The van der Waals surface area contributed by atoms with Crippen LogP contribution in [0.1, 0.15) is 32.7 Å². The number of hydrogen-bond donors (Lipinski definition) is 0. The van der Waals surface area contributed by atoms with Crippen LogP contribution in [-0.2, 0) is 10.0 Å². The molecule has 0 radical (unpaired) electrons. The minimum absolute atomic E-state index is 0.00408. The van der Waals surface area contributed by atoms with Crippen LogP contribution in [0.5, 0.6) is 0 Å². The van der Waals surface area contributed by atoms with Gasteiger partial charge < -0.3 is 0 Å². The number of benzene rings is 2. The molecule has 0 bridgehead atoms. The predicted molar refractivity (Wildman–Crippen MR) is 95.2 cm³/mol. The quantitative estimate of drug-likeness (QED) is 0.756. The molecule has 2 heterocycles. The van der Waals surface area contributed by atoms with Crippen LogP contribution in [0.25, 0.3) is 0 Å². The molecule has 2 aromatic carbocycles. The lowest BCUT2D eigenvalue weighted by Crippen LogP contribution is -2.42. The maximum Gasteiger partial charge on any atom is 0.261 e. The lowest BCUT2D eigenvalue weighted by molar-refractivity contribution is 0.0593. The Balaban J connectivity index is 1.58. The third kappa shape index (κ3) is 2.76. The summed E-state index contributed by atoms with van der Waals surface area (Å²) in [7, 11) is -3.83. The average Bonchev–Trinajstić information content (AvgIpc) is 3.22. The van der Waals surface area contributed by atoms with E-state index in [1.54, 1.807) is 24.3 Å². The number of nitrogens with zero attached hydrogens (tertiary/aromatic N) is 2. The summed E-state index contributed by atoms with van der Waals surface area (Å²) in [5, 5.41) is 0. The Labute approximate surface area is 156 Å². The highest BCUT2D eigenvalue weighted by Gasteiger charge is 2.44. The highest BCUT2D eigenvalue weighted by Crippen LogP contribution is 2.30. The Kier molecular flexibility index (Phi) is 4.12. The van der Waals surface area contributed by atoms with Crippen molar-refractivity contribution in [1.29, 1.82) is 0 Å². The number of imide groups is 1. The number of halogens is 1. The van der Waals surface area contributed by atoms with Gasteiger partial charge in [0.25, 0.3) is 11.8 Å². The summed E-state index contributed by atoms with van der Waals surface area (Å²) in [6, 6.07) is 9.70. The summed E-state index contributed by atoms with van der Waals surface area (Å²) in [5.41, 5.74) is 0.933. The van der Waals surface area contributed by atoms with E-state index in [1.807, 2.05) is 0 Å². The van der Waals surface area contributed by atoms with Crippen LogP contribution in [0.4, 0.5) is 4.39 Å². The van der Waals surface area contributed by atoms with Crippen LogP contribution < -0.4 is 0 Å². The number of sulfonamides is 1. The van der Waals surface area contributed by atoms with E-state index in [9.17, 15) is 22.4 Å². The average molecular weight is 388 g/mol. The van der Waals surface area contributed by atoms with Crippen LogP contribution in [-0.4, -0.2) is 48.6 Å². The van der Waals surface area contributed by atoms with Gasteiger partial charge >= 0.3 is 0 Å². The van der Waals surface area contributed by atoms with Crippen molar-refractivity contribution in [3.05, 3.63) is 65.0 Å². The van der Waals surface area contributed by atoms with E-state index in [-0.39, 0.29) is 23.5 Å². The SMILES string of the molecule is Cc1cc(S(=O)(=O)N2CCC(N3C(=O)c4ccccc4C3=O)C2)ccc1F. The molecule has 2 aliphatic rings. The van der Waals surface area contributed by atoms with Gasteiger partial charge in [0, 0.05) is 13.1 Å². The molecule has 8 heteroatoms. The Morgan fingerprint density at radius 2 is 1.67 bits per heavy atom. The molecule has 1 atom stereocenters. The van der Waals surface area contributed by atoms with Crippen LogP contribution >= 0.6 is 0 Å².